The van der Waals surface area contributed by atoms with Crippen molar-refractivity contribution >= 4 is 43.9 Å². The van der Waals surface area contributed by atoms with Gasteiger partial charge in [-0.1, -0.05) is 161 Å². The van der Waals surface area contributed by atoms with Crippen molar-refractivity contribution in [1.29, 1.82) is 0 Å². The Kier molecular flexibility index (Phi) is 7.16. The molecule has 0 bridgehead atoms. The first-order chi connectivity index (χ1) is 30.3. The minimum absolute atomic E-state index is 0.300. The van der Waals surface area contributed by atoms with Crippen LogP contribution in [0, 0.1) is 0 Å². The highest BCUT2D eigenvalue weighted by Gasteiger charge is 2.49. The molecule has 2 nitrogen and oxygen atoms in total. The lowest BCUT2D eigenvalue weighted by Crippen LogP contribution is -2.24. The largest absolute Gasteiger partial charge is 0.456 e. The fraction of sp³-hybridized carbons (Fsp3) is 0.100. The number of benzene rings is 9. The molecule has 294 valence electrons. The van der Waals surface area contributed by atoms with Gasteiger partial charge in [-0.3, -0.25) is 0 Å². The van der Waals surface area contributed by atoms with Crippen molar-refractivity contribution in [2.24, 2.45) is 0 Å². The highest BCUT2D eigenvalue weighted by atomic mass is 16.3. The molecule has 0 radical (unpaired) electrons. The zero-order valence-electron chi connectivity index (χ0n) is 35.1. The fourth-order valence-electron chi connectivity index (χ4n) is 11.3. The average Bonchev–Trinajstić information content (AvgIpc) is 4.00. The van der Waals surface area contributed by atoms with Crippen LogP contribution in [-0.4, -0.2) is 0 Å². The standard InChI is InChI=1S/C60H42O2/c1-59(2)47-33-39(37-25-29-51-45(31-37)41-19-11-13-21-49(41)61-51)23-27-43(47)55-53(35-15-7-5-8-16-35)54(36-17-9-6-10-18-36)56-44-28-24-40(34-48(44)60(3,4)58(56)57(55)59)38-26-30-52-46(32-38)42-20-12-14-22-50(42)62-52/h5-34H,1-4H3. The monoisotopic (exact) mass is 794 g/mol. The number of hydrogen-bond donors (Lipinski definition) is 0. The van der Waals surface area contributed by atoms with Crippen molar-refractivity contribution in [3.8, 4) is 66.8 Å². The Morgan fingerprint density at radius 2 is 0.645 bits per heavy atom. The summed E-state index contributed by atoms with van der Waals surface area (Å²) in [5.74, 6) is 0. The molecule has 62 heavy (non-hydrogen) atoms. The summed E-state index contributed by atoms with van der Waals surface area (Å²) in [5, 5.41) is 4.59. The first kappa shape index (κ1) is 35.3. The normalized spacial score (nSPS) is 14.4. The number of para-hydroxylation sites is 2. The molecule has 2 heterocycles. The number of rotatable bonds is 4. The average molecular weight is 795 g/mol. The SMILES string of the molecule is CC1(C)c2cc(-c3ccc4oc5ccccc5c4c3)ccc2-c2c(-c3ccccc3)c(-c3ccccc3)c3c(c21)C(C)(C)c1cc(-c2ccc4oc5ccccc5c4c2)ccc1-3. The maximum Gasteiger partial charge on any atom is 0.135 e. The summed E-state index contributed by atoms with van der Waals surface area (Å²) in [4.78, 5) is 0. The van der Waals surface area contributed by atoms with Gasteiger partial charge in [-0.15, -0.1) is 0 Å². The Balaban J connectivity index is 1.07. The van der Waals surface area contributed by atoms with Gasteiger partial charge in [0.05, 0.1) is 0 Å². The molecule has 13 rings (SSSR count). The molecular formula is C60H42O2. The molecular weight excluding hydrogens is 753 g/mol. The van der Waals surface area contributed by atoms with E-state index in [9.17, 15) is 0 Å². The van der Waals surface area contributed by atoms with Gasteiger partial charge < -0.3 is 8.83 Å². The first-order valence-corrected chi connectivity index (χ1v) is 21.7. The Morgan fingerprint density at radius 1 is 0.290 bits per heavy atom. The van der Waals surface area contributed by atoms with E-state index in [1.165, 1.54) is 89.0 Å². The topological polar surface area (TPSA) is 26.3 Å². The molecule has 2 aromatic heterocycles. The summed E-state index contributed by atoms with van der Waals surface area (Å²) in [5.41, 5.74) is 23.9. The van der Waals surface area contributed by atoms with Gasteiger partial charge in [0.15, 0.2) is 0 Å². The van der Waals surface area contributed by atoms with E-state index in [0.717, 1.165) is 43.9 Å². The van der Waals surface area contributed by atoms with Gasteiger partial charge in [-0.2, -0.15) is 0 Å². The molecule has 11 aromatic rings. The number of fused-ring (bicyclic) bond motifs is 13. The van der Waals surface area contributed by atoms with Crippen LogP contribution in [0.3, 0.4) is 0 Å². The van der Waals surface area contributed by atoms with Crippen LogP contribution in [-0.2, 0) is 10.8 Å². The second kappa shape index (κ2) is 12.6. The highest BCUT2D eigenvalue weighted by molar-refractivity contribution is 6.11. The highest BCUT2D eigenvalue weighted by Crippen LogP contribution is 2.65. The minimum atomic E-state index is -0.300. The molecule has 2 aliphatic rings. The summed E-state index contributed by atoms with van der Waals surface area (Å²) in [6.45, 7) is 9.83. The summed E-state index contributed by atoms with van der Waals surface area (Å²) >= 11 is 0. The van der Waals surface area contributed by atoms with Crippen molar-refractivity contribution in [1.82, 2.24) is 0 Å². The zero-order valence-corrected chi connectivity index (χ0v) is 35.1. The Bertz CT molecular complexity index is 3430. The summed E-state index contributed by atoms with van der Waals surface area (Å²) in [6, 6.07) is 66.7. The van der Waals surface area contributed by atoms with Gasteiger partial charge in [0.2, 0.25) is 0 Å². The van der Waals surface area contributed by atoms with E-state index in [0.29, 0.717) is 0 Å². The van der Waals surface area contributed by atoms with Crippen LogP contribution in [0.4, 0.5) is 0 Å². The van der Waals surface area contributed by atoms with Gasteiger partial charge in [0, 0.05) is 32.4 Å². The summed E-state index contributed by atoms with van der Waals surface area (Å²) in [6.07, 6.45) is 0. The number of furan rings is 2. The summed E-state index contributed by atoms with van der Waals surface area (Å²) < 4.78 is 12.5. The van der Waals surface area contributed by atoms with Crippen molar-refractivity contribution in [2.75, 3.05) is 0 Å². The first-order valence-electron chi connectivity index (χ1n) is 21.7. The maximum atomic E-state index is 6.24. The van der Waals surface area contributed by atoms with Crippen molar-refractivity contribution in [3.05, 3.63) is 204 Å². The maximum absolute atomic E-state index is 6.24. The van der Waals surface area contributed by atoms with Gasteiger partial charge in [0.1, 0.15) is 22.3 Å². The van der Waals surface area contributed by atoms with Crippen molar-refractivity contribution in [2.45, 2.75) is 38.5 Å². The van der Waals surface area contributed by atoms with Crippen LogP contribution < -0.4 is 0 Å². The molecule has 0 aliphatic heterocycles. The van der Waals surface area contributed by atoms with Crippen LogP contribution >= 0.6 is 0 Å². The van der Waals surface area contributed by atoms with E-state index < -0.39 is 0 Å². The van der Waals surface area contributed by atoms with E-state index >= 15 is 0 Å². The number of hydrogen-bond acceptors (Lipinski definition) is 2. The van der Waals surface area contributed by atoms with Crippen LogP contribution in [0.1, 0.15) is 49.9 Å². The van der Waals surface area contributed by atoms with Gasteiger partial charge in [0.25, 0.3) is 0 Å². The minimum Gasteiger partial charge on any atom is -0.456 e. The molecule has 0 unspecified atom stereocenters. The van der Waals surface area contributed by atoms with Crippen LogP contribution in [0.5, 0.6) is 0 Å². The third-order valence-corrected chi connectivity index (χ3v) is 14.2. The molecule has 0 N–H and O–H groups in total. The van der Waals surface area contributed by atoms with Crippen LogP contribution in [0.15, 0.2) is 191 Å². The third-order valence-electron chi connectivity index (χ3n) is 14.2. The quantitative estimate of drug-likeness (QED) is 0.177. The zero-order chi connectivity index (χ0) is 41.5. The van der Waals surface area contributed by atoms with E-state index in [1.54, 1.807) is 0 Å². The molecule has 0 saturated carbocycles. The second-order valence-electron chi connectivity index (χ2n) is 18.4. The van der Waals surface area contributed by atoms with Gasteiger partial charge >= 0.3 is 0 Å². The van der Waals surface area contributed by atoms with E-state index in [1.807, 2.05) is 12.1 Å². The van der Waals surface area contributed by atoms with E-state index in [-0.39, 0.29) is 10.8 Å². The fourth-order valence-corrected chi connectivity index (χ4v) is 11.3. The molecule has 0 fully saturated rings. The predicted octanol–water partition coefficient (Wildman–Crippen LogP) is 16.8. The molecule has 2 heteroatoms. The second-order valence-corrected chi connectivity index (χ2v) is 18.4. The third kappa shape index (κ3) is 4.81. The molecule has 0 amide bonds. The van der Waals surface area contributed by atoms with E-state index in [2.05, 4.69) is 198 Å². The van der Waals surface area contributed by atoms with Gasteiger partial charge in [-0.25, -0.2) is 0 Å². The van der Waals surface area contributed by atoms with Crippen LogP contribution in [0.2, 0.25) is 0 Å². The van der Waals surface area contributed by atoms with Gasteiger partial charge in [-0.05, 0) is 138 Å². The molecule has 0 saturated heterocycles. The lowest BCUT2D eigenvalue weighted by Gasteiger charge is -2.33. The Hall–Kier alpha value is -7.42. The smallest absolute Gasteiger partial charge is 0.135 e. The summed E-state index contributed by atoms with van der Waals surface area (Å²) in [7, 11) is 0. The van der Waals surface area contributed by atoms with Crippen molar-refractivity contribution in [3.63, 3.8) is 0 Å². The molecule has 0 atom stereocenters. The molecule has 9 aromatic carbocycles. The van der Waals surface area contributed by atoms with Crippen molar-refractivity contribution < 1.29 is 8.83 Å². The Morgan fingerprint density at radius 3 is 1.08 bits per heavy atom. The van der Waals surface area contributed by atoms with E-state index in [4.69, 9.17) is 8.83 Å². The molecule has 0 spiro atoms. The lowest BCUT2D eigenvalue weighted by atomic mass is 9.70. The predicted molar refractivity (Wildman–Crippen MR) is 258 cm³/mol. The Labute approximate surface area is 360 Å². The molecule has 2 aliphatic carbocycles. The van der Waals surface area contributed by atoms with Crippen LogP contribution in [0.25, 0.3) is 111 Å². The lowest BCUT2D eigenvalue weighted by molar-refractivity contribution is 0.601.